The van der Waals surface area contributed by atoms with Crippen molar-refractivity contribution in [3.8, 4) is 22.4 Å². The first-order valence-electron chi connectivity index (χ1n) is 14.4. The summed E-state index contributed by atoms with van der Waals surface area (Å²) in [5, 5.41) is 0.802. The summed E-state index contributed by atoms with van der Waals surface area (Å²) in [4.78, 5) is 34.4. The molecule has 7 rings (SSSR count). The number of likely N-dealkylation sites (N-methyl/N-ethyl adjacent to an activating group) is 1. The van der Waals surface area contributed by atoms with Crippen LogP contribution in [0.1, 0.15) is 24.0 Å². The molecule has 8 nitrogen and oxygen atoms in total. The monoisotopic (exact) mass is 565 g/mol. The lowest BCUT2D eigenvalue weighted by Gasteiger charge is -2.25. The molecule has 214 valence electrons. The average Bonchev–Trinajstić information content (AvgIpc) is 3.61. The van der Waals surface area contributed by atoms with Crippen molar-refractivity contribution in [2.45, 2.75) is 38.4 Å². The van der Waals surface area contributed by atoms with Crippen LogP contribution in [0.5, 0.6) is 0 Å². The van der Waals surface area contributed by atoms with E-state index in [9.17, 15) is 14.0 Å². The molecule has 2 aliphatic heterocycles. The van der Waals surface area contributed by atoms with Gasteiger partial charge in [0.15, 0.2) is 5.58 Å². The summed E-state index contributed by atoms with van der Waals surface area (Å²) in [6.45, 7) is 3.52. The number of furan rings is 1. The number of rotatable bonds is 6. The smallest absolute Gasteiger partial charge is 0.348 e. The van der Waals surface area contributed by atoms with Crippen LogP contribution in [0.4, 0.5) is 4.39 Å². The van der Waals surface area contributed by atoms with Crippen molar-refractivity contribution < 1.29 is 13.6 Å². The highest BCUT2D eigenvalue weighted by atomic mass is 19.1. The molecule has 0 spiro atoms. The molecule has 0 saturated carbocycles. The highest BCUT2D eigenvalue weighted by Gasteiger charge is 2.29. The summed E-state index contributed by atoms with van der Waals surface area (Å²) in [6, 6.07) is 18.2. The summed E-state index contributed by atoms with van der Waals surface area (Å²) in [7, 11) is 2.14. The zero-order valence-electron chi connectivity index (χ0n) is 23.5. The van der Waals surface area contributed by atoms with Crippen LogP contribution in [0, 0.1) is 5.82 Å². The summed E-state index contributed by atoms with van der Waals surface area (Å²) in [6.07, 6.45) is 2.61. The largest absolute Gasteiger partial charge is 0.452 e. The average molecular weight is 566 g/mol. The van der Waals surface area contributed by atoms with Gasteiger partial charge in [-0.25, -0.2) is 9.18 Å². The molecular formula is C33H32FN5O3. The Bertz CT molecular complexity index is 1890. The summed E-state index contributed by atoms with van der Waals surface area (Å²) < 4.78 is 21.8. The van der Waals surface area contributed by atoms with Crippen LogP contribution in [0.3, 0.4) is 0 Å². The van der Waals surface area contributed by atoms with Gasteiger partial charge in [-0.1, -0.05) is 24.3 Å². The lowest BCUT2D eigenvalue weighted by molar-refractivity contribution is -0.122. The number of hydrogen-bond acceptors (Lipinski definition) is 6. The molecule has 1 unspecified atom stereocenters. The van der Waals surface area contributed by atoms with E-state index in [0.29, 0.717) is 41.0 Å². The maximum atomic E-state index is 13.7. The normalized spacial score (nSPS) is 17.7. The van der Waals surface area contributed by atoms with Crippen LogP contribution in [-0.2, 0) is 24.3 Å². The maximum Gasteiger partial charge on any atom is 0.348 e. The van der Waals surface area contributed by atoms with Crippen LogP contribution in [0.15, 0.2) is 69.9 Å². The van der Waals surface area contributed by atoms with E-state index in [2.05, 4.69) is 41.2 Å². The Balaban J connectivity index is 1.37. The number of carbonyl (C=O) groups is 1. The van der Waals surface area contributed by atoms with E-state index < -0.39 is 5.69 Å². The van der Waals surface area contributed by atoms with Crippen LogP contribution >= 0.6 is 0 Å². The molecule has 2 aliphatic rings. The van der Waals surface area contributed by atoms with Crippen molar-refractivity contribution in [1.82, 2.24) is 19.4 Å². The molecule has 3 aromatic carbocycles. The molecule has 1 saturated heterocycles. The van der Waals surface area contributed by atoms with Gasteiger partial charge in [0.2, 0.25) is 5.91 Å². The van der Waals surface area contributed by atoms with Crippen molar-refractivity contribution in [1.29, 1.82) is 0 Å². The van der Waals surface area contributed by atoms with Crippen molar-refractivity contribution >= 4 is 28.0 Å². The van der Waals surface area contributed by atoms with Gasteiger partial charge in [-0.3, -0.25) is 14.3 Å². The van der Waals surface area contributed by atoms with Gasteiger partial charge < -0.3 is 15.1 Å². The lowest BCUT2D eigenvalue weighted by Crippen LogP contribution is -2.42. The standard InChI is InChI=1S/C33H32FN5O3/c1-37-14-12-23-17-21(4-5-24(23)19-37)22-8-11-28-26(18-22)30-31(42-28)29(20-6-9-25(34)10-7-20)36-33(41)39(30)16-15-38-13-2-3-27(38)32(35)40/h4-11,17-18,27H,2-3,12-16,19H2,1H3,(H2,35,40). The SMILES string of the molecule is CN1CCc2cc(-c3ccc4oc5c(-c6ccc(F)cc6)nc(=O)n(CCN6CCCC6C(N)=O)c5c4c3)ccc2C1. The molecule has 0 radical (unpaired) electrons. The van der Waals surface area contributed by atoms with Gasteiger partial charge in [0, 0.05) is 37.1 Å². The van der Waals surface area contributed by atoms with Gasteiger partial charge >= 0.3 is 5.69 Å². The van der Waals surface area contributed by atoms with Gasteiger partial charge in [0.05, 0.1) is 6.04 Å². The number of benzene rings is 3. The van der Waals surface area contributed by atoms with E-state index in [1.165, 1.54) is 23.3 Å². The number of likely N-dealkylation sites (tertiary alicyclic amines) is 1. The molecule has 1 fully saturated rings. The maximum absolute atomic E-state index is 13.7. The van der Waals surface area contributed by atoms with Gasteiger partial charge in [-0.05, 0) is 91.5 Å². The number of fused-ring (bicyclic) bond motifs is 4. The molecule has 2 aromatic heterocycles. The quantitative estimate of drug-likeness (QED) is 0.324. The molecule has 2 N–H and O–H groups in total. The fourth-order valence-electron chi connectivity index (χ4n) is 6.52. The number of halogens is 1. The van der Waals surface area contributed by atoms with E-state index >= 15 is 0 Å². The second kappa shape index (κ2) is 10.5. The number of hydrogen-bond donors (Lipinski definition) is 1. The fourth-order valence-corrected chi connectivity index (χ4v) is 6.52. The number of nitrogens with zero attached hydrogens (tertiary/aromatic N) is 4. The van der Waals surface area contributed by atoms with Crippen LogP contribution in [-0.4, -0.2) is 58.0 Å². The van der Waals surface area contributed by atoms with Gasteiger partial charge in [0.25, 0.3) is 0 Å². The molecule has 5 aromatic rings. The third kappa shape index (κ3) is 4.68. The minimum Gasteiger partial charge on any atom is -0.452 e. The number of primary amides is 1. The molecule has 9 heteroatoms. The number of amides is 1. The highest BCUT2D eigenvalue weighted by molar-refractivity contribution is 6.08. The van der Waals surface area contributed by atoms with Gasteiger partial charge in [-0.15, -0.1) is 0 Å². The first-order chi connectivity index (χ1) is 20.4. The summed E-state index contributed by atoms with van der Waals surface area (Å²) in [5.74, 6) is -0.714. The van der Waals surface area contributed by atoms with Gasteiger partial charge in [-0.2, -0.15) is 4.98 Å². The third-order valence-electron chi connectivity index (χ3n) is 8.75. The van der Waals surface area contributed by atoms with E-state index in [-0.39, 0.29) is 17.8 Å². The molecule has 1 amide bonds. The number of carbonyl (C=O) groups excluding carboxylic acids is 1. The topological polar surface area (TPSA) is 97.6 Å². The zero-order valence-corrected chi connectivity index (χ0v) is 23.5. The summed E-state index contributed by atoms with van der Waals surface area (Å²) in [5.41, 5.74) is 12.8. The summed E-state index contributed by atoms with van der Waals surface area (Å²) >= 11 is 0. The molecule has 0 aliphatic carbocycles. The van der Waals surface area contributed by atoms with Crippen molar-refractivity contribution in [3.05, 3.63) is 88.1 Å². The van der Waals surface area contributed by atoms with Crippen LogP contribution in [0.2, 0.25) is 0 Å². The predicted octanol–water partition coefficient (Wildman–Crippen LogP) is 4.55. The van der Waals surface area contributed by atoms with Gasteiger partial charge in [0.1, 0.15) is 22.6 Å². The molecule has 0 bridgehead atoms. The fraction of sp³-hybridized carbons (Fsp3) is 0.303. The zero-order chi connectivity index (χ0) is 29.0. The minimum absolute atomic E-state index is 0.320. The number of nitrogens with two attached hydrogens (primary N) is 1. The Morgan fingerprint density at radius 3 is 2.57 bits per heavy atom. The van der Waals surface area contributed by atoms with E-state index in [1.807, 2.05) is 17.0 Å². The lowest BCUT2D eigenvalue weighted by atomic mass is 9.94. The third-order valence-corrected chi connectivity index (χ3v) is 8.75. The molecule has 4 heterocycles. The van der Waals surface area contributed by atoms with Crippen molar-refractivity contribution in [2.75, 3.05) is 26.7 Å². The Morgan fingerprint density at radius 1 is 1.00 bits per heavy atom. The van der Waals surface area contributed by atoms with Crippen LogP contribution in [0.25, 0.3) is 44.5 Å². The highest BCUT2D eigenvalue weighted by Crippen LogP contribution is 2.36. The van der Waals surface area contributed by atoms with Crippen molar-refractivity contribution in [2.24, 2.45) is 5.73 Å². The first-order valence-corrected chi connectivity index (χ1v) is 14.4. The van der Waals surface area contributed by atoms with E-state index in [4.69, 9.17) is 10.2 Å². The molecular weight excluding hydrogens is 533 g/mol. The Hall–Kier alpha value is -4.34. The number of aromatic nitrogens is 2. The van der Waals surface area contributed by atoms with E-state index in [0.717, 1.165) is 55.4 Å². The van der Waals surface area contributed by atoms with Crippen molar-refractivity contribution in [3.63, 3.8) is 0 Å². The minimum atomic E-state index is -0.428. The van der Waals surface area contributed by atoms with Crippen LogP contribution < -0.4 is 11.4 Å². The molecule has 1 atom stereocenters. The Morgan fingerprint density at radius 2 is 1.76 bits per heavy atom. The second-order valence-electron chi connectivity index (χ2n) is 11.5. The first kappa shape index (κ1) is 26.6. The predicted molar refractivity (Wildman–Crippen MR) is 160 cm³/mol. The Labute approximate surface area is 242 Å². The second-order valence-corrected chi connectivity index (χ2v) is 11.5. The van der Waals surface area contributed by atoms with E-state index in [1.54, 1.807) is 16.7 Å². The molecule has 42 heavy (non-hydrogen) atoms. The Kier molecular flexibility index (Phi) is 6.63.